The van der Waals surface area contributed by atoms with E-state index in [-0.39, 0.29) is 5.91 Å². The molecule has 1 aliphatic rings. The summed E-state index contributed by atoms with van der Waals surface area (Å²) in [6.07, 6.45) is 2.28. The summed E-state index contributed by atoms with van der Waals surface area (Å²) in [4.78, 5) is 13.5. The van der Waals surface area contributed by atoms with Crippen LogP contribution >= 0.6 is 0 Å². The normalized spacial score (nSPS) is 22.4. The Bertz CT molecular complexity index is 183. The molecule has 1 fully saturated rings. The fourth-order valence-electron chi connectivity index (χ4n) is 1.93. The van der Waals surface area contributed by atoms with Crippen LogP contribution in [0.5, 0.6) is 0 Å². The highest BCUT2D eigenvalue weighted by molar-refractivity contribution is 5.78. The summed E-state index contributed by atoms with van der Waals surface area (Å²) >= 11 is 0. The Hall–Kier alpha value is -0.610. The summed E-state index contributed by atoms with van der Waals surface area (Å²) in [5, 5.41) is 2.89. The van der Waals surface area contributed by atoms with E-state index in [0.29, 0.717) is 12.5 Å². The van der Waals surface area contributed by atoms with Crippen LogP contribution in [0, 0.1) is 5.92 Å². The number of carbonyl (C=O) groups is 1. The molecule has 1 N–H and O–H groups in total. The van der Waals surface area contributed by atoms with Crippen LogP contribution < -0.4 is 5.32 Å². The van der Waals surface area contributed by atoms with Crippen molar-refractivity contribution >= 4 is 5.91 Å². The van der Waals surface area contributed by atoms with Gasteiger partial charge >= 0.3 is 0 Å². The molecule has 0 aromatic rings. The number of rotatable bonds is 4. The van der Waals surface area contributed by atoms with Gasteiger partial charge in [-0.3, -0.25) is 4.79 Å². The second-order valence-electron chi connectivity index (χ2n) is 3.83. The summed E-state index contributed by atoms with van der Waals surface area (Å²) in [6.45, 7) is 2.97. The lowest BCUT2D eigenvalue weighted by Crippen LogP contribution is -2.44. The summed E-state index contributed by atoms with van der Waals surface area (Å²) in [5.41, 5.74) is 0. The van der Waals surface area contributed by atoms with E-state index in [1.165, 1.54) is 6.42 Å². The first-order chi connectivity index (χ1) is 6.77. The Labute approximate surface area is 85.6 Å². The summed E-state index contributed by atoms with van der Waals surface area (Å²) in [6, 6.07) is 0. The summed E-state index contributed by atoms with van der Waals surface area (Å²) in [5.74, 6) is 0.725. The van der Waals surface area contributed by atoms with Crippen LogP contribution in [0.2, 0.25) is 0 Å². The molecule has 1 heterocycles. The predicted octanol–water partition coefficient (Wildman–Crippen LogP) is 0.0908. The third-order valence-corrected chi connectivity index (χ3v) is 2.60. The predicted molar refractivity (Wildman–Crippen MR) is 55.1 cm³/mol. The van der Waals surface area contributed by atoms with Crippen molar-refractivity contribution in [2.75, 3.05) is 40.4 Å². The number of amides is 1. The van der Waals surface area contributed by atoms with Gasteiger partial charge in [-0.2, -0.15) is 0 Å². The van der Waals surface area contributed by atoms with Gasteiger partial charge in [-0.15, -0.1) is 0 Å². The third kappa shape index (κ3) is 3.27. The Morgan fingerprint density at radius 2 is 2.43 bits per heavy atom. The Morgan fingerprint density at radius 1 is 1.64 bits per heavy atom. The molecule has 0 aromatic carbocycles. The zero-order valence-corrected chi connectivity index (χ0v) is 9.08. The molecule has 1 aliphatic heterocycles. The van der Waals surface area contributed by atoms with E-state index in [9.17, 15) is 4.79 Å². The first-order valence-corrected chi connectivity index (χ1v) is 5.19. The van der Waals surface area contributed by atoms with Gasteiger partial charge in [0, 0.05) is 20.2 Å². The van der Waals surface area contributed by atoms with Crippen molar-refractivity contribution in [3.05, 3.63) is 0 Å². The molecule has 1 rings (SSSR count). The van der Waals surface area contributed by atoms with Gasteiger partial charge in [-0.05, 0) is 25.8 Å². The largest absolute Gasteiger partial charge is 0.384 e. The van der Waals surface area contributed by atoms with Gasteiger partial charge in [0.1, 0.15) is 0 Å². The number of ether oxygens (including phenoxy) is 1. The maximum Gasteiger partial charge on any atom is 0.236 e. The van der Waals surface area contributed by atoms with Crippen molar-refractivity contribution in [2.45, 2.75) is 12.8 Å². The molecule has 0 bridgehead atoms. The molecule has 14 heavy (non-hydrogen) atoms. The molecule has 0 aliphatic carbocycles. The zero-order valence-electron chi connectivity index (χ0n) is 9.08. The SMILES string of the molecule is CNCC(=O)N1CCC[C@@H](COC)C1. The van der Waals surface area contributed by atoms with Gasteiger partial charge in [0.25, 0.3) is 0 Å². The van der Waals surface area contributed by atoms with Gasteiger partial charge in [0.05, 0.1) is 13.2 Å². The fraction of sp³-hybridized carbons (Fsp3) is 0.900. The van der Waals surface area contributed by atoms with Crippen molar-refractivity contribution in [3.8, 4) is 0 Å². The Balaban J connectivity index is 2.35. The number of likely N-dealkylation sites (N-methyl/N-ethyl adjacent to an activating group) is 1. The zero-order chi connectivity index (χ0) is 10.4. The Morgan fingerprint density at radius 3 is 3.07 bits per heavy atom. The lowest BCUT2D eigenvalue weighted by Gasteiger charge is -2.32. The van der Waals surface area contributed by atoms with Crippen molar-refractivity contribution < 1.29 is 9.53 Å². The number of methoxy groups -OCH3 is 1. The average molecular weight is 200 g/mol. The number of likely N-dealkylation sites (tertiary alicyclic amines) is 1. The molecule has 4 nitrogen and oxygen atoms in total. The van der Waals surface area contributed by atoms with E-state index in [2.05, 4.69) is 5.32 Å². The van der Waals surface area contributed by atoms with E-state index in [1.807, 2.05) is 4.90 Å². The van der Waals surface area contributed by atoms with E-state index in [4.69, 9.17) is 4.74 Å². The minimum absolute atomic E-state index is 0.202. The van der Waals surface area contributed by atoms with Crippen LogP contribution in [-0.2, 0) is 9.53 Å². The van der Waals surface area contributed by atoms with Crippen molar-refractivity contribution in [3.63, 3.8) is 0 Å². The van der Waals surface area contributed by atoms with Gasteiger partial charge < -0.3 is 15.0 Å². The summed E-state index contributed by atoms with van der Waals surface area (Å²) in [7, 11) is 3.52. The number of hydrogen-bond acceptors (Lipinski definition) is 3. The molecular formula is C10H20N2O2. The quantitative estimate of drug-likeness (QED) is 0.699. The van der Waals surface area contributed by atoms with Crippen LogP contribution in [-0.4, -0.2) is 51.2 Å². The number of hydrogen-bond donors (Lipinski definition) is 1. The number of carbonyl (C=O) groups excluding carboxylic acids is 1. The molecule has 1 saturated heterocycles. The monoisotopic (exact) mass is 200 g/mol. The molecule has 0 spiro atoms. The highest BCUT2D eigenvalue weighted by Crippen LogP contribution is 2.16. The summed E-state index contributed by atoms with van der Waals surface area (Å²) < 4.78 is 5.12. The maximum atomic E-state index is 11.6. The molecule has 4 heteroatoms. The van der Waals surface area contributed by atoms with Gasteiger partial charge in [0.2, 0.25) is 5.91 Å². The standard InChI is InChI=1S/C10H20N2O2/c1-11-6-10(13)12-5-3-4-9(7-12)8-14-2/h9,11H,3-8H2,1-2H3/t9-/m1/s1. The van der Waals surface area contributed by atoms with E-state index in [1.54, 1.807) is 14.2 Å². The van der Waals surface area contributed by atoms with Crippen LogP contribution in [0.1, 0.15) is 12.8 Å². The molecule has 1 amide bonds. The van der Waals surface area contributed by atoms with Gasteiger partial charge in [0.15, 0.2) is 0 Å². The second kappa shape index (κ2) is 5.98. The molecule has 0 unspecified atom stereocenters. The van der Waals surface area contributed by atoms with Crippen LogP contribution in [0.25, 0.3) is 0 Å². The van der Waals surface area contributed by atoms with E-state index >= 15 is 0 Å². The lowest BCUT2D eigenvalue weighted by molar-refractivity contribution is -0.132. The third-order valence-electron chi connectivity index (χ3n) is 2.60. The smallest absolute Gasteiger partial charge is 0.236 e. The highest BCUT2D eigenvalue weighted by Gasteiger charge is 2.22. The molecule has 1 atom stereocenters. The van der Waals surface area contributed by atoms with Gasteiger partial charge in [-0.1, -0.05) is 0 Å². The average Bonchev–Trinajstić information content (AvgIpc) is 2.19. The van der Waals surface area contributed by atoms with Crippen LogP contribution in [0.15, 0.2) is 0 Å². The fourth-order valence-corrected chi connectivity index (χ4v) is 1.93. The Kier molecular flexibility index (Phi) is 4.90. The van der Waals surface area contributed by atoms with E-state index in [0.717, 1.165) is 26.1 Å². The molecule has 0 radical (unpaired) electrons. The number of piperidine rings is 1. The first-order valence-electron chi connectivity index (χ1n) is 5.19. The van der Waals surface area contributed by atoms with Crippen LogP contribution in [0.3, 0.4) is 0 Å². The number of nitrogens with zero attached hydrogens (tertiary/aromatic N) is 1. The molecule has 82 valence electrons. The van der Waals surface area contributed by atoms with Crippen LogP contribution in [0.4, 0.5) is 0 Å². The lowest BCUT2D eigenvalue weighted by atomic mass is 9.99. The maximum absolute atomic E-state index is 11.6. The molecular weight excluding hydrogens is 180 g/mol. The minimum Gasteiger partial charge on any atom is -0.384 e. The van der Waals surface area contributed by atoms with Crippen molar-refractivity contribution in [1.82, 2.24) is 10.2 Å². The first kappa shape index (κ1) is 11.5. The molecule has 0 aromatic heterocycles. The highest BCUT2D eigenvalue weighted by atomic mass is 16.5. The second-order valence-corrected chi connectivity index (χ2v) is 3.83. The van der Waals surface area contributed by atoms with E-state index < -0.39 is 0 Å². The number of nitrogens with one attached hydrogen (secondary N) is 1. The van der Waals surface area contributed by atoms with Crippen molar-refractivity contribution in [1.29, 1.82) is 0 Å². The van der Waals surface area contributed by atoms with Gasteiger partial charge in [-0.25, -0.2) is 0 Å². The minimum atomic E-state index is 0.202. The van der Waals surface area contributed by atoms with Crippen molar-refractivity contribution in [2.24, 2.45) is 5.92 Å². The topological polar surface area (TPSA) is 41.6 Å². The molecule has 0 saturated carbocycles.